The molecule has 0 saturated carbocycles. The summed E-state index contributed by atoms with van der Waals surface area (Å²) in [4.78, 5) is 11.2. The first-order valence-corrected chi connectivity index (χ1v) is 6.78. The number of hydrogen-bond acceptors (Lipinski definition) is 3. The van der Waals surface area contributed by atoms with Crippen LogP contribution in [0.15, 0.2) is 54.6 Å². The molecule has 0 spiro atoms. The molecule has 0 saturated heterocycles. The number of aromatic nitrogens is 3. The van der Waals surface area contributed by atoms with E-state index in [0.717, 1.165) is 23.2 Å². The summed E-state index contributed by atoms with van der Waals surface area (Å²) in [5.74, 6) is 0. The lowest BCUT2D eigenvalue weighted by molar-refractivity contribution is 0.111. The maximum Gasteiger partial charge on any atom is 0.172 e. The van der Waals surface area contributed by atoms with Crippen molar-refractivity contribution < 1.29 is 4.79 Å². The summed E-state index contributed by atoms with van der Waals surface area (Å²) >= 11 is 0. The fourth-order valence-corrected chi connectivity index (χ4v) is 2.25. The Balaban J connectivity index is 2.04. The zero-order valence-electron chi connectivity index (χ0n) is 11.7. The molecule has 3 rings (SSSR count). The van der Waals surface area contributed by atoms with Crippen molar-refractivity contribution in [3.63, 3.8) is 0 Å². The molecule has 0 aliphatic heterocycles. The van der Waals surface area contributed by atoms with Gasteiger partial charge in [-0.2, -0.15) is 0 Å². The summed E-state index contributed by atoms with van der Waals surface area (Å²) in [7, 11) is 0. The molecule has 21 heavy (non-hydrogen) atoms. The van der Waals surface area contributed by atoms with E-state index >= 15 is 0 Å². The molecule has 4 nitrogen and oxygen atoms in total. The smallest absolute Gasteiger partial charge is 0.172 e. The fourth-order valence-electron chi connectivity index (χ4n) is 2.25. The number of aryl methyl sites for hydroxylation is 1. The van der Waals surface area contributed by atoms with E-state index in [1.165, 1.54) is 5.56 Å². The number of carbonyl (C=O) groups is 1. The number of benzene rings is 2. The molecule has 3 aromatic rings. The van der Waals surface area contributed by atoms with Crippen LogP contribution in [0.25, 0.3) is 5.69 Å². The number of carbonyl (C=O) groups excluding carboxylic acids is 1. The van der Waals surface area contributed by atoms with Crippen LogP contribution in [0, 0.1) is 6.92 Å². The molecule has 0 atom stereocenters. The van der Waals surface area contributed by atoms with E-state index in [1.807, 2.05) is 61.5 Å². The normalized spacial score (nSPS) is 10.5. The van der Waals surface area contributed by atoms with Gasteiger partial charge in [0.2, 0.25) is 0 Å². The molecule has 0 amide bonds. The van der Waals surface area contributed by atoms with Crippen molar-refractivity contribution >= 4 is 6.29 Å². The van der Waals surface area contributed by atoms with Crippen LogP contribution in [0.4, 0.5) is 0 Å². The summed E-state index contributed by atoms with van der Waals surface area (Å²) in [5.41, 5.74) is 4.40. The van der Waals surface area contributed by atoms with Gasteiger partial charge >= 0.3 is 0 Å². The van der Waals surface area contributed by atoms with Crippen molar-refractivity contribution in [2.45, 2.75) is 13.3 Å². The third-order valence-electron chi connectivity index (χ3n) is 3.40. The maximum atomic E-state index is 11.2. The van der Waals surface area contributed by atoms with Crippen LogP contribution in [-0.4, -0.2) is 21.3 Å². The number of aldehydes is 1. The summed E-state index contributed by atoms with van der Waals surface area (Å²) in [6.07, 6.45) is 1.38. The van der Waals surface area contributed by atoms with Crippen molar-refractivity contribution in [1.82, 2.24) is 15.0 Å². The minimum absolute atomic E-state index is 0.388. The average Bonchev–Trinajstić information content (AvgIpc) is 2.92. The van der Waals surface area contributed by atoms with Gasteiger partial charge < -0.3 is 0 Å². The standard InChI is InChI=1S/C17H15N3O/c1-13-7-9-15(10-8-13)20-17(16(12-21)18-19-20)11-14-5-3-2-4-6-14/h2-10,12H,11H2,1H3. The number of nitrogens with zero attached hydrogens (tertiary/aromatic N) is 3. The van der Waals surface area contributed by atoms with E-state index < -0.39 is 0 Å². The predicted octanol–water partition coefficient (Wildman–Crippen LogP) is 2.98. The maximum absolute atomic E-state index is 11.2. The van der Waals surface area contributed by atoms with E-state index in [-0.39, 0.29) is 0 Å². The molecule has 0 fully saturated rings. The Morgan fingerprint density at radius 1 is 1.05 bits per heavy atom. The van der Waals surface area contributed by atoms with Crippen LogP contribution < -0.4 is 0 Å². The molecule has 1 heterocycles. The molecular formula is C17H15N3O. The van der Waals surface area contributed by atoms with Gasteiger partial charge in [-0.25, -0.2) is 4.68 Å². The lowest BCUT2D eigenvalue weighted by Crippen LogP contribution is -2.04. The minimum Gasteiger partial charge on any atom is -0.296 e. The third kappa shape index (κ3) is 2.74. The van der Waals surface area contributed by atoms with E-state index in [4.69, 9.17) is 0 Å². The molecule has 0 radical (unpaired) electrons. The first-order valence-electron chi connectivity index (χ1n) is 6.78. The first-order chi connectivity index (χ1) is 10.3. The van der Waals surface area contributed by atoms with Crippen molar-refractivity contribution in [2.75, 3.05) is 0 Å². The Kier molecular flexibility index (Phi) is 3.60. The zero-order chi connectivity index (χ0) is 14.7. The molecule has 0 N–H and O–H groups in total. The van der Waals surface area contributed by atoms with Crippen molar-refractivity contribution in [3.05, 3.63) is 77.1 Å². The first kappa shape index (κ1) is 13.2. The van der Waals surface area contributed by atoms with Gasteiger partial charge in [0.1, 0.15) is 5.69 Å². The Labute approximate surface area is 123 Å². The number of rotatable bonds is 4. The summed E-state index contributed by atoms with van der Waals surface area (Å²) < 4.78 is 1.73. The van der Waals surface area contributed by atoms with Crippen molar-refractivity contribution in [3.8, 4) is 5.69 Å². The predicted molar refractivity (Wildman–Crippen MR) is 80.7 cm³/mol. The molecular weight excluding hydrogens is 262 g/mol. The van der Waals surface area contributed by atoms with Crippen LogP contribution in [0.2, 0.25) is 0 Å². The second-order valence-electron chi connectivity index (χ2n) is 4.95. The molecule has 4 heteroatoms. The van der Waals surface area contributed by atoms with Gasteiger partial charge in [-0.05, 0) is 24.6 Å². The van der Waals surface area contributed by atoms with Crippen LogP contribution in [0.1, 0.15) is 27.3 Å². The van der Waals surface area contributed by atoms with Gasteiger partial charge in [0.25, 0.3) is 0 Å². The molecule has 1 aromatic heterocycles. The van der Waals surface area contributed by atoms with Crippen LogP contribution in [0.5, 0.6) is 0 Å². The lowest BCUT2D eigenvalue weighted by atomic mass is 10.1. The largest absolute Gasteiger partial charge is 0.296 e. The highest BCUT2D eigenvalue weighted by molar-refractivity contribution is 5.73. The van der Waals surface area contributed by atoms with Gasteiger partial charge in [-0.1, -0.05) is 53.2 Å². The van der Waals surface area contributed by atoms with Crippen LogP contribution in [0.3, 0.4) is 0 Å². The van der Waals surface area contributed by atoms with E-state index in [2.05, 4.69) is 10.3 Å². The van der Waals surface area contributed by atoms with Crippen molar-refractivity contribution in [2.24, 2.45) is 0 Å². The van der Waals surface area contributed by atoms with Gasteiger partial charge in [0.05, 0.1) is 11.4 Å². The average molecular weight is 277 g/mol. The molecule has 0 aliphatic carbocycles. The minimum atomic E-state index is 0.388. The van der Waals surface area contributed by atoms with E-state index in [0.29, 0.717) is 12.1 Å². The summed E-state index contributed by atoms with van der Waals surface area (Å²) in [5, 5.41) is 8.09. The lowest BCUT2D eigenvalue weighted by Gasteiger charge is -2.07. The molecule has 0 unspecified atom stereocenters. The molecule has 2 aromatic carbocycles. The van der Waals surface area contributed by atoms with Crippen molar-refractivity contribution in [1.29, 1.82) is 0 Å². The Hall–Kier alpha value is -2.75. The van der Waals surface area contributed by atoms with E-state index in [1.54, 1.807) is 4.68 Å². The van der Waals surface area contributed by atoms with Gasteiger partial charge in [0, 0.05) is 6.42 Å². The molecule has 104 valence electrons. The highest BCUT2D eigenvalue weighted by atomic mass is 16.1. The second kappa shape index (κ2) is 5.71. The van der Waals surface area contributed by atoms with Crippen LogP contribution >= 0.6 is 0 Å². The molecule has 0 bridgehead atoms. The summed E-state index contributed by atoms with van der Waals surface area (Å²) in [6.45, 7) is 2.03. The van der Waals surface area contributed by atoms with Gasteiger partial charge in [-0.15, -0.1) is 5.10 Å². The zero-order valence-corrected chi connectivity index (χ0v) is 11.7. The van der Waals surface area contributed by atoms with Gasteiger partial charge in [0.15, 0.2) is 6.29 Å². The fraction of sp³-hybridized carbons (Fsp3) is 0.118. The second-order valence-corrected chi connectivity index (χ2v) is 4.95. The number of hydrogen-bond donors (Lipinski definition) is 0. The molecule has 0 aliphatic rings. The van der Waals surface area contributed by atoms with Gasteiger partial charge in [-0.3, -0.25) is 4.79 Å². The third-order valence-corrected chi connectivity index (χ3v) is 3.40. The van der Waals surface area contributed by atoms with E-state index in [9.17, 15) is 4.79 Å². The highest BCUT2D eigenvalue weighted by Gasteiger charge is 2.14. The quantitative estimate of drug-likeness (QED) is 0.689. The highest BCUT2D eigenvalue weighted by Crippen LogP contribution is 2.16. The Morgan fingerprint density at radius 3 is 2.43 bits per heavy atom. The summed E-state index contributed by atoms with van der Waals surface area (Å²) in [6, 6.07) is 18.0. The Morgan fingerprint density at radius 2 is 1.76 bits per heavy atom. The van der Waals surface area contributed by atoms with Crippen LogP contribution in [-0.2, 0) is 6.42 Å². The SMILES string of the molecule is Cc1ccc(-n2nnc(C=O)c2Cc2ccccc2)cc1. The Bertz CT molecular complexity index is 745. The monoisotopic (exact) mass is 277 g/mol. The topological polar surface area (TPSA) is 47.8 Å².